The number of aromatic hydroxyl groups is 1. The molecule has 155 valence electrons. The van der Waals surface area contributed by atoms with Crippen LogP contribution in [0.4, 0.5) is 17.1 Å². The van der Waals surface area contributed by atoms with Crippen LogP contribution >= 0.6 is 0 Å². The molecule has 0 atom stereocenters. The van der Waals surface area contributed by atoms with Gasteiger partial charge in [0.2, 0.25) is 0 Å². The molecular formula is C21H22N5O4. The van der Waals surface area contributed by atoms with Gasteiger partial charge in [-0.1, -0.05) is 0 Å². The lowest BCUT2D eigenvalue weighted by molar-refractivity contribution is -0.384. The van der Waals surface area contributed by atoms with Crippen molar-refractivity contribution in [2.24, 2.45) is 10.2 Å². The van der Waals surface area contributed by atoms with Crippen molar-refractivity contribution < 1.29 is 15.2 Å². The lowest BCUT2D eigenvalue weighted by Gasteiger charge is -2.46. The van der Waals surface area contributed by atoms with Gasteiger partial charge in [0.25, 0.3) is 5.69 Å². The van der Waals surface area contributed by atoms with E-state index in [1.165, 1.54) is 30.3 Å². The Hall–Kier alpha value is -3.30. The number of azo groups is 1. The van der Waals surface area contributed by atoms with Gasteiger partial charge in [-0.2, -0.15) is 5.11 Å². The maximum Gasteiger partial charge on any atom is 0.269 e. The molecule has 9 nitrogen and oxygen atoms in total. The smallest absolute Gasteiger partial charge is 0.269 e. The van der Waals surface area contributed by atoms with Gasteiger partial charge in [0.1, 0.15) is 11.4 Å². The van der Waals surface area contributed by atoms with Crippen LogP contribution in [0.15, 0.2) is 46.6 Å². The molecule has 2 aromatic carbocycles. The number of nitrogens with zero attached hydrogens (tertiary/aromatic N) is 4. The van der Waals surface area contributed by atoms with Crippen LogP contribution in [0, 0.1) is 10.1 Å². The van der Waals surface area contributed by atoms with E-state index in [4.69, 9.17) is 0 Å². The number of aromatic nitrogens is 1. The highest BCUT2D eigenvalue weighted by atomic mass is 16.6. The fourth-order valence-corrected chi connectivity index (χ4v) is 4.33. The summed E-state index contributed by atoms with van der Waals surface area (Å²) in [6.45, 7) is 7.52. The van der Waals surface area contributed by atoms with E-state index in [9.17, 15) is 20.4 Å². The number of rotatable bonds is 3. The number of hydroxylamine groups is 2. The summed E-state index contributed by atoms with van der Waals surface area (Å²) < 4.78 is 0. The number of H-pyrrole nitrogens is 1. The summed E-state index contributed by atoms with van der Waals surface area (Å²) in [5, 5.41) is 44.5. The number of aromatic amines is 1. The third-order valence-electron chi connectivity index (χ3n) is 5.60. The topological polar surface area (TPSA) is 127 Å². The molecule has 30 heavy (non-hydrogen) atoms. The van der Waals surface area contributed by atoms with Crippen LogP contribution in [-0.2, 0) is 17.2 Å². The standard InChI is InChI=1S/C21H22N5O4/c1-20(2)11-15-18(21(3,4)26(20)30)17-14(22-15)9-10-16(27)19(17)24-23-12-5-7-13(8-6-12)25(28)29/h5-10,22,27H,11H2,1-4H3. The molecule has 1 radical (unpaired) electrons. The Morgan fingerprint density at radius 2 is 1.77 bits per heavy atom. The van der Waals surface area contributed by atoms with Gasteiger partial charge in [-0.25, -0.2) is 0 Å². The first kappa shape index (κ1) is 20.0. The quantitative estimate of drug-likeness (QED) is 0.341. The first-order chi connectivity index (χ1) is 14.0. The SMILES string of the molecule is CC1(C)Cc2[nH]c3ccc(O)c(N=Nc4ccc([N+](=O)[O-])cc4)c3c2C(C)(C)N1[O]. The van der Waals surface area contributed by atoms with E-state index in [0.717, 1.165) is 21.8 Å². The number of phenolic OH excluding ortho intramolecular Hbond substituents is 1. The molecule has 2 N–H and O–H groups in total. The van der Waals surface area contributed by atoms with Crippen LogP contribution in [0.25, 0.3) is 10.9 Å². The molecule has 0 saturated carbocycles. The zero-order chi connectivity index (χ0) is 21.8. The van der Waals surface area contributed by atoms with Crippen LogP contribution < -0.4 is 0 Å². The molecule has 0 fully saturated rings. The minimum atomic E-state index is -0.846. The highest BCUT2D eigenvalue weighted by molar-refractivity contribution is 5.98. The van der Waals surface area contributed by atoms with Crippen molar-refractivity contribution in [3.8, 4) is 5.75 Å². The number of non-ortho nitro benzene ring substituents is 1. The Balaban J connectivity index is 1.86. The van der Waals surface area contributed by atoms with Gasteiger partial charge >= 0.3 is 0 Å². The zero-order valence-corrected chi connectivity index (χ0v) is 17.1. The average Bonchev–Trinajstić information content (AvgIpc) is 3.04. The molecule has 0 saturated heterocycles. The second-order valence-electron chi connectivity index (χ2n) is 8.65. The monoisotopic (exact) mass is 408 g/mol. The highest BCUT2D eigenvalue weighted by Crippen LogP contribution is 2.49. The van der Waals surface area contributed by atoms with E-state index in [0.29, 0.717) is 17.5 Å². The average molecular weight is 408 g/mol. The maximum absolute atomic E-state index is 13.1. The van der Waals surface area contributed by atoms with Crippen molar-refractivity contribution in [2.45, 2.75) is 45.2 Å². The second kappa shape index (κ2) is 6.61. The Labute approximate surface area is 172 Å². The van der Waals surface area contributed by atoms with Crippen LogP contribution in [0.5, 0.6) is 5.75 Å². The van der Waals surface area contributed by atoms with Gasteiger partial charge in [0, 0.05) is 40.7 Å². The highest BCUT2D eigenvalue weighted by Gasteiger charge is 2.47. The van der Waals surface area contributed by atoms with Crippen molar-refractivity contribution in [1.29, 1.82) is 0 Å². The van der Waals surface area contributed by atoms with Gasteiger partial charge in [0.05, 0.1) is 21.7 Å². The first-order valence-corrected chi connectivity index (χ1v) is 9.53. The first-order valence-electron chi connectivity index (χ1n) is 9.53. The van der Waals surface area contributed by atoms with Gasteiger partial charge in [-0.3, -0.25) is 10.1 Å². The van der Waals surface area contributed by atoms with Crippen molar-refractivity contribution in [2.75, 3.05) is 0 Å². The number of phenols is 1. The van der Waals surface area contributed by atoms with Crippen LogP contribution in [-0.4, -0.2) is 25.6 Å². The molecule has 0 spiro atoms. The summed E-state index contributed by atoms with van der Waals surface area (Å²) in [5.74, 6) is -0.0620. The molecule has 1 aromatic heterocycles. The van der Waals surface area contributed by atoms with E-state index in [1.54, 1.807) is 6.07 Å². The van der Waals surface area contributed by atoms with Gasteiger partial charge in [0.15, 0.2) is 0 Å². The molecule has 0 aliphatic carbocycles. The molecule has 9 heteroatoms. The fraction of sp³-hybridized carbons (Fsp3) is 0.333. The minimum Gasteiger partial charge on any atom is -0.506 e. The zero-order valence-electron chi connectivity index (χ0n) is 17.1. The molecule has 1 aliphatic heterocycles. The summed E-state index contributed by atoms with van der Waals surface area (Å²) in [6, 6.07) is 8.93. The third kappa shape index (κ3) is 3.03. The van der Waals surface area contributed by atoms with E-state index < -0.39 is 16.0 Å². The number of benzene rings is 2. The van der Waals surface area contributed by atoms with Gasteiger partial charge in [-0.15, -0.1) is 15.4 Å². The predicted molar refractivity (Wildman–Crippen MR) is 111 cm³/mol. The number of hydrogen-bond acceptors (Lipinski definition) is 6. The van der Waals surface area contributed by atoms with E-state index in [2.05, 4.69) is 15.2 Å². The summed E-state index contributed by atoms with van der Waals surface area (Å²) in [5.41, 5.74) is 1.68. The molecule has 0 bridgehead atoms. The molecule has 0 unspecified atom stereocenters. The largest absolute Gasteiger partial charge is 0.506 e. The summed E-state index contributed by atoms with van der Waals surface area (Å²) in [6.07, 6.45) is 0.531. The van der Waals surface area contributed by atoms with Crippen LogP contribution in [0.3, 0.4) is 0 Å². The molecule has 2 heterocycles. The lowest BCUT2D eigenvalue weighted by atomic mass is 9.79. The number of nitro benzene ring substituents is 1. The Bertz CT molecular complexity index is 1180. The normalized spacial score (nSPS) is 18.0. The number of fused-ring (bicyclic) bond motifs is 3. The second-order valence-corrected chi connectivity index (χ2v) is 8.65. The number of hydrogen-bond donors (Lipinski definition) is 2. The summed E-state index contributed by atoms with van der Waals surface area (Å²) in [7, 11) is 0. The van der Waals surface area contributed by atoms with Crippen LogP contribution in [0.1, 0.15) is 39.0 Å². The molecule has 3 aromatic rings. The Morgan fingerprint density at radius 3 is 2.40 bits per heavy atom. The van der Waals surface area contributed by atoms with E-state index >= 15 is 0 Å². The Kier molecular flexibility index (Phi) is 4.41. The fourth-order valence-electron chi connectivity index (χ4n) is 4.33. The maximum atomic E-state index is 13.1. The molecule has 1 aliphatic rings. The van der Waals surface area contributed by atoms with Gasteiger partial charge in [-0.05, 0) is 52.0 Å². The van der Waals surface area contributed by atoms with Crippen molar-refractivity contribution in [3.05, 3.63) is 57.8 Å². The summed E-state index contributed by atoms with van der Waals surface area (Å²) >= 11 is 0. The minimum absolute atomic E-state index is 0.0431. The predicted octanol–water partition coefficient (Wildman–Crippen LogP) is 5.41. The lowest BCUT2D eigenvalue weighted by Crippen LogP contribution is -2.55. The van der Waals surface area contributed by atoms with Crippen molar-refractivity contribution in [1.82, 2.24) is 10.0 Å². The number of nitro groups is 1. The van der Waals surface area contributed by atoms with Crippen LogP contribution in [0.2, 0.25) is 0 Å². The van der Waals surface area contributed by atoms with Crippen molar-refractivity contribution in [3.63, 3.8) is 0 Å². The van der Waals surface area contributed by atoms with E-state index in [1.807, 2.05) is 27.7 Å². The third-order valence-corrected chi connectivity index (χ3v) is 5.60. The Morgan fingerprint density at radius 1 is 1.10 bits per heavy atom. The molecule has 4 rings (SSSR count). The molecular weight excluding hydrogens is 386 g/mol. The van der Waals surface area contributed by atoms with Gasteiger partial charge < -0.3 is 10.1 Å². The summed E-state index contributed by atoms with van der Waals surface area (Å²) in [4.78, 5) is 13.7. The van der Waals surface area contributed by atoms with E-state index in [-0.39, 0.29) is 17.1 Å². The van der Waals surface area contributed by atoms with Crippen molar-refractivity contribution >= 4 is 28.0 Å². The molecule has 0 amide bonds. The number of nitrogens with one attached hydrogen (secondary N) is 1.